The number of hydrogen-bond acceptors (Lipinski definition) is 5. The van der Waals surface area contributed by atoms with E-state index in [0.29, 0.717) is 12.5 Å². The minimum Gasteiger partial charge on any atom is -0.497 e. The Labute approximate surface area is 123 Å². The molecule has 0 saturated carbocycles. The maximum Gasteiger partial charge on any atom is 0.167 e. The van der Waals surface area contributed by atoms with Crippen molar-refractivity contribution in [2.24, 2.45) is 11.7 Å². The van der Waals surface area contributed by atoms with Crippen molar-refractivity contribution in [3.05, 3.63) is 24.0 Å². The van der Waals surface area contributed by atoms with Crippen molar-refractivity contribution in [3.63, 3.8) is 0 Å². The number of rotatable bonds is 4. The first-order chi connectivity index (χ1) is 10.3. The molecule has 0 spiro atoms. The minimum atomic E-state index is 0.507. The fraction of sp³-hybridized carbons (Fsp3) is 0.467. The quantitative estimate of drug-likeness (QED) is 0.922. The van der Waals surface area contributed by atoms with Gasteiger partial charge in [0.1, 0.15) is 17.3 Å². The predicted octanol–water partition coefficient (Wildman–Crippen LogP) is 1.48. The summed E-state index contributed by atoms with van der Waals surface area (Å²) in [7, 11) is 3.29. The first-order valence-corrected chi connectivity index (χ1v) is 7.11. The van der Waals surface area contributed by atoms with Crippen molar-refractivity contribution in [3.8, 4) is 22.9 Å². The van der Waals surface area contributed by atoms with Gasteiger partial charge in [-0.05, 0) is 31.0 Å². The largest absolute Gasteiger partial charge is 0.497 e. The van der Waals surface area contributed by atoms with E-state index in [0.717, 1.165) is 48.1 Å². The molecule has 1 aromatic heterocycles. The Bertz CT molecular complexity index is 639. The van der Waals surface area contributed by atoms with E-state index in [-0.39, 0.29) is 0 Å². The van der Waals surface area contributed by atoms with E-state index in [1.165, 1.54) is 0 Å². The predicted molar refractivity (Wildman–Crippen MR) is 79.4 cm³/mol. The van der Waals surface area contributed by atoms with Gasteiger partial charge in [-0.15, -0.1) is 10.2 Å². The molecule has 6 heteroatoms. The van der Waals surface area contributed by atoms with Crippen molar-refractivity contribution in [2.75, 3.05) is 20.8 Å². The molecule has 1 aliphatic rings. The van der Waals surface area contributed by atoms with Gasteiger partial charge in [-0.3, -0.25) is 0 Å². The van der Waals surface area contributed by atoms with Crippen molar-refractivity contribution in [2.45, 2.75) is 19.4 Å². The van der Waals surface area contributed by atoms with Gasteiger partial charge in [-0.2, -0.15) is 0 Å². The first-order valence-electron chi connectivity index (χ1n) is 7.11. The van der Waals surface area contributed by atoms with Gasteiger partial charge >= 0.3 is 0 Å². The van der Waals surface area contributed by atoms with Crippen molar-refractivity contribution in [1.82, 2.24) is 14.8 Å². The normalized spacial score (nSPS) is 17.4. The zero-order valence-electron chi connectivity index (χ0n) is 12.4. The van der Waals surface area contributed by atoms with Crippen LogP contribution in [0.3, 0.4) is 0 Å². The Morgan fingerprint density at radius 2 is 2.14 bits per heavy atom. The van der Waals surface area contributed by atoms with Crippen LogP contribution in [0.1, 0.15) is 12.2 Å². The fourth-order valence-electron chi connectivity index (χ4n) is 2.78. The Hall–Kier alpha value is -2.08. The lowest BCUT2D eigenvalue weighted by Crippen LogP contribution is -2.25. The molecule has 0 bridgehead atoms. The molecule has 0 fully saturated rings. The highest BCUT2D eigenvalue weighted by Crippen LogP contribution is 2.34. The smallest absolute Gasteiger partial charge is 0.167 e. The van der Waals surface area contributed by atoms with Crippen LogP contribution >= 0.6 is 0 Å². The van der Waals surface area contributed by atoms with Gasteiger partial charge in [0, 0.05) is 19.0 Å². The lowest BCUT2D eigenvalue weighted by Gasteiger charge is -2.22. The maximum atomic E-state index is 5.76. The minimum absolute atomic E-state index is 0.507. The summed E-state index contributed by atoms with van der Waals surface area (Å²) >= 11 is 0. The van der Waals surface area contributed by atoms with E-state index in [1.54, 1.807) is 14.2 Å². The summed E-state index contributed by atoms with van der Waals surface area (Å²) in [6.07, 6.45) is 1.95. The van der Waals surface area contributed by atoms with Crippen LogP contribution in [0.2, 0.25) is 0 Å². The van der Waals surface area contributed by atoms with Gasteiger partial charge in [-0.1, -0.05) is 0 Å². The molecule has 2 N–H and O–H groups in total. The Kier molecular flexibility index (Phi) is 3.79. The third-order valence-electron chi connectivity index (χ3n) is 4.04. The molecule has 2 aromatic rings. The second-order valence-electron chi connectivity index (χ2n) is 5.25. The molecule has 2 heterocycles. The SMILES string of the molecule is COc1ccc(-c2nnc3n2CCC(CN)C3)c(OC)c1. The van der Waals surface area contributed by atoms with Crippen LogP contribution in [-0.4, -0.2) is 35.5 Å². The third-order valence-corrected chi connectivity index (χ3v) is 4.04. The third kappa shape index (κ3) is 2.47. The summed E-state index contributed by atoms with van der Waals surface area (Å²) in [6, 6.07) is 5.73. The van der Waals surface area contributed by atoms with Gasteiger partial charge < -0.3 is 19.8 Å². The van der Waals surface area contributed by atoms with E-state index < -0.39 is 0 Å². The highest BCUT2D eigenvalue weighted by Gasteiger charge is 2.24. The van der Waals surface area contributed by atoms with E-state index in [2.05, 4.69) is 14.8 Å². The van der Waals surface area contributed by atoms with E-state index >= 15 is 0 Å². The molecule has 6 nitrogen and oxygen atoms in total. The lowest BCUT2D eigenvalue weighted by atomic mass is 9.98. The van der Waals surface area contributed by atoms with Crippen molar-refractivity contribution >= 4 is 0 Å². The summed E-state index contributed by atoms with van der Waals surface area (Å²) in [6.45, 7) is 1.60. The second-order valence-corrected chi connectivity index (χ2v) is 5.25. The number of hydrogen-bond donors (Lipinski definition) is 1. The van der Waals surface area contributed by atoms with Gasteiger partial charge in [0.05, 0.1) is 19.8 Å². The molecule has 0 aliphatic carbocycles. The monoisotopic (exact) mass is 288 g/mol. The van der Waals surface area contributed by atoms with Crippen molar-refractivity contribution < 1.29 is 9.47 Å². The van der Waals surface area contributed by atoms with Gasteiger partial charge in [0.15, 0.2) is 5.82 Å². The van der Waals surface area contributed by atoms with Crippen LogP contribution in [0.5, 0.6) is 11.5 Å². The summed E-state index contributed by atoms with van der Waals surface area (Å²) in [5.74, 6) is 3.86. The number of benzene rings is 1. The highest BCUT2D eigenvalue weighted by atomic mass is 16.5. The number of fused-ring (bicyclic) bond motifs is 1. The molecule has 1 unspecified atom stereocenters. The molecule has 0 radical (unpaired) electrons. The van der Waals surface area contributed by atoms with E-state index in [4.69, 9.17) is 15.2 Å². The number of nitrogens with two attached hydrogens (primary N) is 1. The average Bonchev–Trinajstić information content (AvgIpc) is 2.96. The molecular formula is C15H20N4O2. The summed E-state index contributed by atoms with van der Waals surface area (Å²) in [5, 5.41) is 8.67. The number of ether oxygens (including phenoxy) is 2. The molecular weight excluding hydrogens is 268 g/mol. The molecule has 21 heavy (non-hydrogen) atoms. The van der Waals surface area contributed by atoms with Crippen LogP contribution in [0.15, 0.2) is 18.2 Å². The summed E-state index contributed by atoms with van der Waals surface area (Å²) in [4.78, 5) is 0. The number of nitrogens with zero attached hydrogens (tertiary/aromatic N) is 3. The van der Waals surface area contributed by atoms with Crippen LogP contribution < -0.4 is 15.2 Å². The zero-order valence-corrected chi connectivity index (χ0v) is 12.4. The first kappa shape index (κ1) is 13.9. The number of aromatic nitrogens is 3. The summed E-state index contributed by atoms with van der Waals surface area (Å²) in [5.41, 5.74) is 6.70. The number of methoxy groups -OCH3 is 2. The van der Waals surface area contributed by atoms with Gasteiger partial charge in [0.25, 0.3) is 0 Å². The van der Waals surface area contributed by atoms with Crippen LogP contribution in [0.25, 0.3) is 11.4 Å². The topological polar surface area (TPSA) is 75.2 Å². The molecule has 112 valence electrons. The maximum absolute atomic E-state index is 5.76. The average molecular weight is 288 g/mol. The van der Waals surface area contributed by atoms with Crippen LogP contribution in [-0.2, 0) is 13.0 Å². The Morgan fingerprint density at radius 1 is 1.29 bits per heavy atom. The molecule has 1 atom stereocenters. The molecule has 1 aromatic carbocycles. The van der Waals surface area contributed by atoms with Crippen LogP contribution in [0, 0.1) is 5.92 Å². The van der Waals surface area contributed by atoms with Gasteiger partial charge in [0.2, 0.25) is 0 Å². The van der Waals surface area contributed by atoms with Gasteiger partial charge in [-0.25, -0.2) is 0 Å². The molecule has 1 aliphatic heterocycles. The standard InChI is InChI=1S/C15H20N4O2/c1-20-11-3-4-12(13(8-11)21-2)15-18-17-14-7-10(9-16)5-6-19(14)15/h3-4,8,10H,5-7,9,16H2,1-2H3. The van der Waals surface area contributed by atoms with E-state index in [1.807, 2.05) is 18.2 Å². The molecule has 3 rings (SSSR count). The summed E-state index contributed by atoms with van der Waals surface area (Å²) < 4.78 is 12.9. The zero-order chi connectivity index (χ0) is 14.8. The lowest BCUT2D eigenvalue weighted by molar-refractivity contribution is 0.388. The van der Waals surface area contributed by atoms with Crippen molar-refractivity contribution in [1.29, 1.82) is 0 Å². The molecule has 0 saturated heterocycles. The fourth-order valence-corrected chi connectivity index (χ4v) is 2.78. The second kappa shape index (κ2) is 5.73. The van der Waals surface area contributed by atoms with Crippen LogP contribution in [0.4, 0.5) is 0 Å². The van der Waals surface area contributed by atoms with E-state index in [9.17, 15) is 0 Å². The Balaban J connectivity index is 2.00. The Morgan fingerprint density at radius 3 is 2.86 bits per heavy atom. The molecule has 0 amide bonds. The highest BCUT2D eigenvalue weighted by molar-refractivity contribution is 5.66.